The van der Waals surface area contributed by atoms with Gasteiger partial charge in [0.1, 0.15) is 5.82 Å². The van der Waals surface area contributed by atoms with E-state index in [1.165, 1.54) is 12.4 Å². The molecule has 0 unspecified atom stereocenters. The summed E-state index contributed by atoms with van der Waals surface area (Å²) in [5.74, 6) is -3.71. The number of urea groups is 1. The van der Waals surface area contributed by atoms with Crippen LogP contribution in [0, 0.1) is 5.82 Å². The molecule has 1 aromatic carbocycles. The molecule has 2 amide bonds. The molecule has 0 radical (unpaired) electrons. The summed E-state index contributed by atoms with van der Waals surface area (Å²) in [5.41, 5.74) is 1.61. The van der Waals surface area contributed by atoms with Gasteiger partial charge >= 0.3 is 6.03 Å². The van der Waals surface area contributed by atoms with Crippen molar-refractivity contribution in [2.75, 3.05) is 10.6 Å². The Morgan fingerprint density at radius 1 is 1.03 bits per heavy atom. The number of hydrogen-bond acceptors (Lipinski definition) is 5. The second-order valence-electron chi connectivity index (χ2n) is 9.29. The molecule has 0 atom stereocenters. The first-order valence-electron chi connectivity index (χ1n) is 12.0. The van der Waals surface area contributed by atoms with E-state index < -0.39 is 27.8 Å². The molecule has 5 rings (SSSR count). The van der Waals surface area contributed by atoms with Crippen molar-refractivity contribution in [1.29, 1.82) is 0 Å². The Morgan fingerprint density at radius 2 is 1.76 bits per heavy atom. The summed E-state index contributed by atoms with van der Waals surface area (Å²) >= 11 is 0. The zero-order valence-corrected chi connectivity index (χ0v) is 20.9. The summed E-state index contributed by atoms with van der Waals surface area (Å²) in [6, 6.07) is 12.2. The molecule has 0 spiro atoms. The monoisotopic (exact) mass is 543 g/mol. The minimum Gasteiger partial charge on any atom is -0.306 e. The fourth-order valence-electron chi connectivity index (χ4n) is 4.56. The maximum atomic E-state index is 14.0. The lowest BCUT2D eigenvalue weighted by Crippen LogP contribution is -2.24. The van der Waals surface area contributed by atoms with Gasteiger partial charge in [-0.3, -0.25) is 4.98 Å². The third-order valence-electron chi connectivity index (χ3n) is 6.50. The molecule has 0 aliphatic heterocycles. The van der Waals surface area contributed by atoms with E-state index in [0.29, 0.717) is 29.8 Å². The van der Waals surface area contributed by atoms with Crippen molar-refractivity contribution in [3.05, 3.63) is 84.2 Å². The zero-order chi connectivity index (χ0) is 26.9. The maximum absolute atomic E-state index is 14.0. The van der Waals surface area contributed by atoms with Crippen LogP contribution in [-0.4, -0.2) is 34.3 Å². The number of alkyl halides is 2. The third kappa shape index (κ3) is 5.64. The topological polar surface area (TPSA) is 106 Å². The highest BCUT2D eigenvalue weighted by atomic mass is 32.2. The van der Waals surface area contributed by atoms with E-state index in [1.807, 2.05) is 0 Å². The van der Waals surface area contributed by atoms with Crippen LogP contribution in [0.4, 0.5) is 29.3 Å². The number of nitrogens with zero attached hydrogens (tertiary/aromatic N) is 3. The van der Waals surface area contributed by atoms with E-state index >= 15 is 0 Å². The fraction of sp³-hybridized carbons (Fsp3) is 0.269. The molecule has 1 saturated carbocycles. The quantitative estimate of drug-likeness (QED) is 0.316. The average molecular weight is 544 g/mol. The highest BCUT2D eigenvalue weighted by Gasteiger charge is 2.35. The van der Waals surface area contributed by atoms with Crippen molar-refractivity contribution in [3.8, 4) is 0 Å². The Morgan fingerprint density at radius 3 is 2.45 bits per heavy atom. The van der Waals surface area contributed by atoms with Crippen molar-refractivity contribution in [3.63, 3.8) is 0 Å². The van der Waals surface area contributed by atoms with E-state index in [-0.39, 0.29) is 41.2 Å². The first kappa shape index (κ1) is 25.7. The van der Waals surface area contributed by atoms with Gasteiger partial charge in [-0.1, -0.05) is 30.3 Å². The van der Waals surface area contributed by atoms with Crippen LogP contribution >= 0.6 is 0 Å². The lowest BCUT2D eigenvalue weighted by Gasteiger charge is -2.27. The molecule has 0 bridgehead atoms. The van der Waals surface area contributed by atoms with Crippen molar-refractivity contribution in [2.45, 2.75) is 43.3 Å². The molecule has 2 N–H and O–H groups in total. The van der Waals surface area contributed by atoms with Crippen LogP contribution in [0.25, 0.3) is 11.0 Å². The van der Waals surface area contributed by atoms with Gasteiger partial charge in [0.25, 0.3) is 0 Å². The largest absolute Gasteiger partial charge is 0.323 e. The van der Waals surface area contributed by atoms with Crippen LogP contribution in [0.15, 0.2) is 67.1 Å². The number of aromatic nitrogens is 3. The number of rotatable bonds is 6. The number of carbonyl (C=O) groups excluding carboxylic acids is 1. The Bertz CT molecular complexity index is 1570. The molecule has 1 aliphatic rings. The SMILES string of the molecule is O=C(Nc1ccc(C2CCC(F)(F)CC2)nc1)Nc1cn(S(=O)(=O)Cc2ccccc2)c2ncc(F)cc12. The maximum Gasteiger partial charge on any atom is 0.323 e. The number of hydrogen-bond donors (Lipinski definition) is 2. The molecular formula is C26H24F3N5O3S. The van der Waals surface area contributed by atoms with Crippen molar-refractivity contribution >= 4 is 38.5 Å². The Hall–Kier alpha value is -3.93. The highest BCUT2D eigenvalue weighted by Crippen LogP contribution is 2.40. The first-order chi connectivity index (χ1) is 18.1. The van der Waals surface area contributed by atoms with Crippen molar-refractivity contribution < 1.29 is 26.4 Å². The zero-order valence-electron chi connectivity index (χ0n) is 20.1. The van der Waals surface area contributed by atoms with Crippen LogP contribution in [-0.2, 0) is 15.8 Å². The lowest BCUT2D eigenvalue weighted by atomic mass is 9.84. The van der Waals surface area contributed by atoms with E-state index in [1.54, 1.807) is 42.5 Å². The van der Waals surface area contributed by atoms with Crippen LogP contribution < -0.4 is 10.6 Å². The Balaban J connectivity index is 1.33. The molecule has 198 valence electrons. The molecule has 4 aromatic rings. The van der Waals surface area contributed by atoms with Gasteiger partial charge in [-0.05, 0) is 36.6 Å². The van der Waals surface area contributed by atoms with Crippen molar-refractivity contribution in [2.24, 2.45) is 0 Å². The number of nitrogens with one attached hydrogen (secondary N) is 2. The normalized spacial score (nSPS) is 15.9. The average Bonchev–Trinajstić information content (AvgIpc) is 3.23. The van der Waals surface area contributed by atoms with E-state index in [9.17, 15) is 26.4 Å². The molecule has 3 heterocycles. The summed E-state index contributed by atoms with van der Waals surface area (Å²) < 4.78 is 68.1. The van der Waals surface area contributed by atoms with E-state index in [0.717, 1.165) is 16.2 Å². The summed E-state index contributed by atoms with van der Waals surface area (Å²) in [7, 11) is -3.95. The van der Waals surface area contributed by atoms with Gasteiger partial charge < -0.3 is 10.6 Å². The van der Waals surface area contributed by atoms with E-state index in [2.05, 4.69) is 20.6 Å². The molecule has 0 saturated heterocycles. The third-order valence-corrected chi connectivity index (χ3v) is 8.07. The second kappa shape index (κ2) is 10.1. The van der Waals surface area contributed by atoms with Crippen LogP contribution in [0.3, 0.4) is 0 Å². The molecular weight excluding hydrogens is 519 g/mol. The number of benzene rings is 1. The predicted octanol–water partition coefficient (Wildman–Crippen LogP) is 5.89. The van der Waals surface area contributed by atoms with Gasteiger partial charge in [0.15, 0.2) is 5.65 Å². The molecule has 38 heavy (non-hydrogen) atoms. The Kier molecular flexibility index (Phi) is 6.82. The van der Waals surface area contributed by atoms with Crippen LogP contribution in [0.5, 0.6) is 0 Å². The first-order valence-corrected chi connectivity index (χ1v) is 13.6. The minimum absolute atomic E-state index is 0.0262. The van der Waals surface area contributed by atoms with Crippen LogP contribution in [0.2, 0.25) is 0 Å². The van der Waals surface area contributed by atoms with Gasteiger partial charge in [0, 0.05) is 36.0 Å². The fourth-order valence-corrected chi connectivity index (χ4v) is 5.99. The lowest BCUT2D eigenvalue weighted by molar-refractivity contribution is -0.0384. The number of halogens is 3. The number of fused-ring (bicyclic) bond motifs is 1. The predicted molar refractivity (Wildman–Crippen MR) is 137 cm³/mol. The van der Waals surface area contributed by atoms with Gasteiger partial charge in [-0.15, -0.1) is 0 Å². The number of pyridine rings is 2. The molecule has 1 aliphatic carbocycles. The smallest absolute Gasteiger partial charge is 0.306 e. The van der Waals surface area contributed by atoms with Gasteiger partial charge in [-0.2, -0.15) is 0 Å². The molecule has 12 heteroatoms. The second-order valence-corrected chi connectivity index (χ2v) is 11.1. The summed E-state index contributed by atoms with van der Waals surface area (Å²) in [4.78, 5) is 21.0. The Labute approximate surface area is 217 Å². The van der Waals surface area contributed by atoms with Gasteiger partial charge in [0.2, 0.25) is 15.9 Å². The van der Waals surface area contributed by atoms with Gasteiger partial charge in [0.05, 0.1) is 29.5 Å². The standard InChI is InChI=1S/C26H24F3N5O3S/c27-19-12-21-23(15-34(24(21)31-13-19)38(36,37)16-17-4-2-1-3-5-17)33-25(35)32-20-6-7-22(30-14-20)18-8-10-26(28,29)11-9-18/h1-7,12-15,18H,8-11,16H2,(H2,32,33,35). The number of carbonyl (C=O) groups is 1. The summed E-state index contributed by atoms with van der Waals surface area (Å²) in [6.07, 6.45) is 3.86. The van der Waals surface area contributed by atoms with Crippen molar-refractivity contribution in [1.82, 2.24) is 13.9 Å². The summed E-state index contributed by atoms with van der Waals surface area (Å²) in [5, 5.41) is 5.26. The van der Waals surface area contributed by atoms with E-state index in [4.69, 9.17) is 0 Å². The van der Waals surface area contributed by atoms with Gasteiger partial charge in [-0.25, -0.2) is 35.3 Å². The highest BCUT2D eigenvalue weighted by molar-refractivity contribution is 7.89. The number of anilines is 2. The molecule has 1 fully saturated rings. The van der Waals surface area contributed by atoms with Crippen LogP contribution in [0.1, 0.15) is 42.9 Å². The number of amides is 2. The molecule has 8 nitrogen and oxygen atoms in total. The summed E-state index contributed by atoms with van der Waals surface area (Å²) in [6.45, 7) is 0. The molecule has 3 aromatic heterocycles. The minimum atomic E-state index is -3.95.